The Labute approximate surface area is 201 Å². The molecule has 0 saturated carbocycles. The molecular formula is C30H32N2O2. The third-order valence-electron chi connectivity index (χ3n) is 6.12. The molecule has 0 spiro atoms. The number of aromatic nitrogens is 2. The van der Waals surface area contributed by atoms with Gasteiger partial charge in [-0.3, -0.25) is 9.48 Å². The lowest BCUT2D eigenvalue weighted by atomic mass is 9.96. The Morgan fingerprint density at radius 2 is 1.15 bits per heavy atom. The number of carbonyl (C=O) groups is 1. The minimum absolute atomic E-state index is 0.276. The number of carboxylic acids is 1. The molecule has 0 aliphatic rings. The van der Waals surface area contributed by atoms with Crippen molar-refractivity contribution in [3.05, 3.63) is 91.0 Å². The van der Waals surface area contributed by atoms with E-state index in [0.717, 1.165) is 62.0 Å². The van der Waals surface area contributed by atoms with Crippen LogP contribution in [0.5, 0.6) is 0 Å². The van der Waals surface area contributed by atoms with Crippen LogP contribution in [0.2, 0.25) is 0 Å². The van der Waals surface area contributed by atoms with Crippen LogP contribution in [0.1, 0.15) is 44.9 Å². The molecule has 4 rings (SSSR count). The fourth-order valence-electron chi connectivity index (χ4n) is 4.43. The van der Waals surface area contributed by atoms with Crippen LogP contribution < -0.4 is 0 Å². The van der Waals surface area contributed by atoms with Gasteiger partial charge in [-0.25, -0.2) is 0 Å². The van der Waals surface area contributed by atoms with Crippen LogP contribution >= 0.6 is 0 Å². The topological polar surface area (TPSA) is 55.1 Å². The highest BCUT2D eigenvalue weighted by molar-refractivity contribution is 5.91. The molecule has 0 saturated heterocycles. The van der Waals surface area contributed by atoms with E-state index >= 15 is 0 Å². The number of hydrogen-bond acceptors (Lipinski definition) is 2. The molecule has 1 heterocycles. The maximum Gasteiger partial charge on any atom is 0.303 e. The number of benzene rings is 3. The molecule has 0 unspecified atom stereocenters. The Kier molecular flexibility index (Phi) is 8.28. The zero-order valence-electron chi connectivity index (χ0n) is 19.6. The van der Waals surface area contributed by atoms with E-state index in [2.05, 4.69) is 89.6 Å². The van der Waals surface area contributed by atoms with Gasteiger partial charge >= 0.3 is 5.97 Å². The van der Waals surface area contributed by atoms with Crippen LogP contribution in [0, 0.1) is 0 Å². The molecule has 4 heteroatoms. The van der Waals surface area contributed by atoms with Crippen LogP contribution in [0.25, 0.3) is 33.6 Å². The summed E-state index contributed by atoms with van der Waals surface area (Å²) in [6.07, 6.45) is 6.40. The Bertz CT molecular complexity index is 1170. The molecule has 174 valence electrons. The fraction of sp³-hybridized carbons (Fsp3) is 0.267. The highest BCUT2D eigenvalue weighted by Crippen LogP contribution is 2.40. The smallest absolute Gasteiger partial charge is 0.303 e. The third-order valence-corrected chi connectivity index (χ3v) is 6.12. The molecular weight excluding hydrogens is 420 g/mol. The molecule has 0 radical (unpaired) electrons. The number of hydrogen-bond donors (Lipinski definition) is 1. The number of rotatable bonds is 12. The molecule has 0 fully saturated rings. The highest BCUT2D eigenvalue weighted by Gasteiger charge is 2.21. The summed E-state index contributed by atoms with van der Waals surface area (Å²) < 4.78 is 2.18. The van der Waals surface area contributed by atoms with Gasteiger partial charge in [-0.05, 0) is 18.4 Å². The van der Waals surface area contributed by atoms with Crippen molar-refractivity contribution in [1.82, 2.24) is 9.78 Å². The van der Waals surface area contributed by atoms with Gasteiger partial charge in [0.25, 0.3) is 0 Å². The maximum atomic E-state index is 10.7. The minimum atomic E-state index is -0.699. The van der Waals surface area contributed by atoms with Crippen molar-refractivity contribution in [2.75, 3.05) is 0 Å². The first-order chi connectivity index (χ1) is 16.7. The standard InChI is InChI=1S/C30H32N2O2/c33-27(34)22-14-3-1-2-4-15-23-32-30(26-20-12-7-13-21-26)28(24-16-8-5-9-17-24)29(31-32)25-18-10-6-11-19-25/h5-13,16-21H,1-4,14-15,22-23H2,(H,33,34). The molecule has 3 aromatic carbocycles. The summed E-state index contributed by atoms with van der Waals surface area (Å²) >= 11 is 0. The van der Waals surface area contributed by atoms with Gasteiger partial charge in [-0.15, -0.1) is 0 Å². The molecule has 0 aliphatic carbocycles. The van der Waals surface area contributed by atoms with Gasteiger partial charge in [0.2, 0.25) is 0 Å². The van der Waals surface area contributed by atoms with E-state index in [1.807, 2.05) is 6.07 Å². The summed E-state index contributed by atoms with van der Waals surface area (Å²) in [6, 6.07) is 31.5. The maximum absolute atomic E-state index is 10.7. The molecule has 4 aromatic rings. The lowest BCUT2D eigenvalue weighted by Crippen LogP contribution is -2.03. The van der Waals surface area contributed by atoms with Gasteiger partial charge in [0.1, 0.15) is 5.69 Å². The average Bonchev–Trinajstić information content (AvgIpc) is 3.26. The largest absolute Gasteiger partial charge is 0.481 e. The van der Waals surface area contributed by atoms with E-state index in [9.17, 15) is 4.79 Å². The fourth-order valence-corrected chi connectivity index (χ4v) is 4.43. The zero-order valence-corrected chi connectivity index (χ0v) is 19.6. The predicted molar refractivity (Wildman–Crippen MR) is 138 cm³/mol. The van der Waals surface area contributed by atoms with Crippen LogP contribution in [0.3, 0.4) is 0 Å². The minimum Gasteiger partial charge on any atom is -0.481 e. The second-order valence-corrected chi connectivity index (χ2v) is 8.66. The Morgan fingerprint density at radius 1 is 0.647 bits per heavy atom. The molecule has 4 nitrogen and oxygen atoms in total. The molecule has 0 atom stereocenters. The first-order valence-corrected chi connectivity index (χ1v) is 12.2. The van der Waals surface area contributed by atoms with Crippen LogP contribution in [0.4, 0.5) is 0 Å². The van der Waals surface area contributed by atoms with Crippen LogP contribution in [-0.2, 0) is 11.3 Å². The highest BCUT2D eigenvalue weighted by atomic mass is 16.4. The van der Waals surface area contributed by atoms with Gasteiger partial charge in [0, 0.05) is 29.7 Å². The Hall–Kier alpha value is -3.66. The van der Waals surface area contributed by atoms with E-state index in [1.54, 1.807) is 0 Å². The van der Waals surface area contributed by atoms with E-state index in [-0.39, 0.29) is 6.42 Å². The first-order valence-electron chi connectivity index (χ1n) is 12.2. The van der Waals surface area contributed by atoms with Gasteiger partial charge in [-0.1, -0.05) is 117 Å². The Balaban J connectivity index is 1.61. The number of nitrogens with zero attached hydrogens (tertiary/aromatic N) is 2. The van der Waals surface area contributed by atoms with Gasteiger partial charge < -0.3 is 5.11 Å². The van der Waals surface area contributed by atoms with E-state index in [1.165, 1.54) is 16.7 Å². The summed E-state index contributed by atoms with van der Waals surface area (Å²) in [5.41, 5.74) is 6.81. The summed E-state index contributed by atoms with van der Waals surface area (Å²) in [7, 11) is 0. The van der Waals surface area contributed by atoms with Gasteiger partial charge in [-0.2, -0.15) is 5.10 Å². The quantitative estimate of drug-likeness (QED) is 0.224. The second-order valence-electron chi connectivity index (χ2n) is 8.66. The van der Waals surface area contributed by atoms with Gasteiger partial charge in [0.15, 0.2) is 0 Å². The summed E-state index contributed by atoms with van der Waals surface area (Å²) in [5.74, 6) is -0.699. The number of unbranched alkanes of at least 4 members (excludes halogenated alkanes) is 5. The van der Waals surface area contributed by atoms with Crippen molar-refractivity contribution in [2.45, 2.75) is 51.5 Å². The van der Waals surface area contributed by atoms with Crippen molar-refractivity contribution < 1.29 is 9.90 Å². The van der Waals surface area contributed by atoms with E-state index in [4.69, 9.17) is 10.2 Å². The van der Waals surface area contributed by atoms with Crippen molar-refractivity contribution in [3.8, 4) is 33.6 Å². The van der Waals surface area contributed by atoms with Crippen LogP contribution in [0.15, 0.2) is 91.0 Å². The first kappa shape index (κ1) is 23.5. The molecule has 1 aromatic heterocycles. The Morgan fingerprint density at radius 3 is 1.74 bits per heavy atom. The summed E-state index contributed by atoms with van der Waals surface area (Å²) in [6.45, 7) is 0.853. The summed E-state index contributed by atoms with van der Waals surface area (Å²) in [5, 5.41) is 13.9. The SMILES string of the molecule is O=C(O)CCCCCCCCn1nc(-c2ccccc2)c(-c2ccccc2)c1-c1ccccc1. The predicted octanol–water partition coefficient (Wildman–Crippen LogP) is 7.70. The van der Waals surface area contributed by atoms with Crippen molar-refractivity contribution in [2.24, 2.45) is 0 Å². The second kappa shape index (κ2) is 12.0. The third kappa shape index (κ3) is 6.02. The van der Waals surface area contributed by atoms with E-state index in [0.29, 0.717) is 0 Å². The normalized spacial score (nSPS) is 10.9. The molecule has 0 bridgehead atoms. The van der Waals surface area contributed by atoms with Gasteiger partial charge in [0.05, 0.1) is 5.69 Å². The van der Waals surface area contributed by atoms with Crippen LogP contribution in [-0.4, -0.2) is 20.9 Å². The lowest BCUT2D eigenvalue weighted by molar-refractivity contribution is -0.137. The monoisotopic (exact) mass is 452 g/mol. The lowest BCUT2D eigenvalue weighted by Gasteiger charge is -2.11. The van der Waals surface area contributed by atoms with E-state index < -0.39 is 5.97 Å². The molecule has 34 heavy (non-hydrogen) atoms. The number of aryl methyl sites for hydroxylation is 1. The average molecular weight is 453 g/mol. The van der Waals surface area contributed by atoms with Crippen molar-refractivity contribution in [3.63, 3.8) is 0 Å². The number of aliphatic carboxylic acids is 1. The van der Waals surface area contributed by atoms with Crippen molar-refractivity contribution >= 4 is 5.97 Å². The zero-order chi connectivity index (χ0) is 23.6. The molecule has 0 aliphatic heterocycles. The molecule has 0 amide bonds. The van der Waals surface area contributed by atoms with Crippen molar-refractivity contribution in [1.29, 1.82) is 0 Å². The molecule has 1 N–H and O–H groups in total. The summed E-state index contributed by atoms with van der Waals surface area (Å²) in [4.78, 5) is 10.7. The number of carboxylic acid groups (broad SMARTS) is 1.